The molecule has 0 aliphatic carbocycles. The average Bonchev–Trinajstić information content (AvgIpc) is 2.74. The van der Waals surface area contributed by atoms with Crippen LogP contribution in [0.3, 0.4) is 0 Å². The number of aromatic hydroxyl groups is 1. The Kier molecular flexibility index (Phi) is 5.24. The van der Waals surface area contributed by atoms with E-state index in [2.05, 4.69) is 18.7 Å². The molecule has 1 aromatic carbocycles. The normalized spacial score (nSPS) is 19.2. The highest BCUT2D eigenvalue weighted by atomic mass is 32.1. The largest absolute Gasteiger partial charge is 0.504 e. The lowest BCUT2D eigenvalue weighted by atomic mass is 9.78. The van der Waals surface area contributed by atoms with Gasteiger partial charge in [-0.1, -0.05) is 6.08 Å². The Balaban J connectivity index is 2.44. The van der Waals surface area contributed by atoms with E-state index in [0.29, 0.717) is 16.9 Å². The molecule has 0 saturated carbocycles. The molecular formula is C17H22BNO4S. The van der Waals surface area contributed by atoms with Crippen LogP contribution >= 0.6 is 12.6 Å². The quantitative estimate of drug-likeness (QED) is 0.646. The molecule has 1 fully saturated rings. The minimum absolute atomic E-state index is 0.0349. The summed E-state index contributed by atoms with van der Waals surface area (Å²) in [7, 11) is 0.876. The molecule has 0 spiro atoms. The number of nitrogens with zero attached hydrogens (tertiary/aromatic N) is 1. The smallest absolute Gasteiger partial charge is 0.491 e. The zero-order chi connectivity index (χ0) is 18.1. The lowest BCUT2D eigenvalue weighted by molar-refractivity contribution is 0.00578. The summed E-state index contributed by atoms with van der Waals surface area (Å²) in [5, 5.41) is 19.5. The molecule has 128 valence electrons. The van der Waals surface area contributed by atoms with Gasteiger partial charge in [0.05, 0.1) is 29.9 Å². The Labute approximate surface area is 148 Å². The van der Waals surface area contributed by atoms with Crippen LogP contribution in [0.15, 0.2) is 17.6 Å². The van der Waals surface area contributed by atoms with Crippen molar-refractivity contribution < 1.29 is 19.2 Å². The van der Waals surface area contributed by atoms with E-state index in [-0.39, 0.29) is 11.5 Å². The molecule has 5 nitrogen and oxygen atoms in total. The second-order valence-electron chi connectivity index (χ2n) is 6.69. The Hall–Kier alpha value is -1.62. The minimum Gasteiger partial charge on any atom is -0.504 e. The number of hydrogen-bond acceptors (Lipinski definition) is 6. The van der Waals surface area contributed by atoms with E-state index in [0.717, 1.165) is 5.47 Å². The van der Waals surface area contributed by atoms with E-state index in [1.165, 1.54) is 13.2 Å². The van der Waals surface area contributed by atoms with E-state index in [1.807, 2.05) is 27.7 Å². The van der Waals surface area contributed by atoms with Gasteiger partial charge in [-0.05, 0) is 39.2 Å². The highest BCUT2D eigenvalue weighted by Crippen LogP contribution is 2.40. The monoisotopic (exact) mass is 347 g/mol. The number of rotatable bonds is 4. The molecule has 1 saturated heterocycles. The molecule has 0 atom stereocenters. The zero-order valence-corrected chi connectivity index (χ0v) is 15.5. The van der Waals surface area contributed by atoms with Gasteiger partial charge in [-0.2, -0.15) is 17.9 Å². The van der Waals surface area contributed by atoms with Crippen LogP contribution < -0.4 is 4.74 Å². The first-order chi connectivity index (χ1) is 11.1. The third-order valence-corrected chi connectivity index (χ3v) is 4.90. The molecule has 1 aliphatic heterocycles. The van der Waals surface area contributed by atoms with Gasteiger partial charge in [0.25, 0.3) is 0 Å². The van der Waals surface area contributed by atoms with Crippen LogP contribution in [-0.2, 0) is 9.31 Å². The Morgan fingerprint density at radius 3 is 2.38 bits per heavy atom. The van der Waals surface area contributed by atoms with E-state index in [1.54, 1.807) is 12.1 Å². The Morgan fingerprint density at radius 2 is 1.92 bits per heavy atom. The molecule has 7 heteroatoms. The number of methoxy groups -OCH3 is 1. The predicted molar refractivity (Wildman–Crippen MR) is 97.3 cm³/mol. The second kappa shape index (κ2) is 6.71. The molecule has 0 bridgehead atoms. The topological polar surface area (TPSA) is 71.7 Å². The summed E-state index contributed by atoms with van der Waals surface area (Å²) < 4.78 is 17.2. The first kappa shape index (κ1) is 18.7. The fourth-order valence-corrected chi connectivity index (χ4v) is 2.58. The predicted octanol–water partition coefficient (Wildman–Crippen LogP) is 3.22. The first-order valence-corrected chi connectivity index (χ1v) is 8.26. The molecule has 24 heavy (non-hydrogen) atoms. The van der Waals surface area contributed by atoms with Crippen LogP contribution in [0.25, 0.3) is 6.08 Å². The summed E-state index contributed by atoms with van der Waals surface area (Å²) >= 11 is 4.36. The van der Waals surface area contributed by atoms with Crippen LogP contribution in [0.4, 0.5) is 0 Å². The van der Waals surface area contributed by atoms with Gasteiger partial charge >= 0.3 is 7.12 Å². The van der Waals surface area contributed by atoms with Gasteiger partial charge in [0.15, 0.2) is 11.5 Å². The van der Waals surface area contributed by atoms with Crippen LogP contribution in [0.2, 0.25) is 0 Å². The highest BCUT2D eigenvalue weighted by Gasteiger charge is 2.52. The molecule has 1 heterocycles. The maximum absolute atomic E-state index is 10.3. The van der Waals surface area contributed by atoms with Crippen molar-refractivity contribution in [2.75, 3.05) is 12.9 Å². The number of phenolic OH excluding ortho intramolecular Hbond substituents is 1. The molecule has 1 aliphatic rings. The van der Waals surface area contributed by atoms with Gasteiger partial charge < -0.3 is 19.2 Å². The van der Waals surface area contributed by atoms with Crippen molar-refractivity contribution in [3.8, 4) is 17.6 Å². The van der Waals surface area contributed by atoms with Gasteiger partial charge in [-0.25, -0.2) is 0 Å². The zero-order valence-electron chi connectivity index (χ0n) is 14.6. The van der Waals surface area contributed by atoms with Crippen LogP contribution in [-0.4, -0.2) is 36.3 Å². The fourth-order valence-electron chi connectivity index (χ4n) is 2.34. The molecular weight excluding hydrogens is 325 g/mol. The Bertz CT molecular complexity index is 693. The van der Waals surface area contributed by atoms with Crippen molar-refractivity contribution in [1.82, 2.24) is 0 Å². The number of phenols is 1. The minimum atomic E-state index is -0.566. The molecule has 0 aromatic heterocycles. The van der Waals surface area contributed by atoms with E-state index in [4.69, 9.17) is 19.3 Å². The van der Waals surface area contributed by atoms with Gasteiger partial charge in [0.2, 0.25) is 0 Å². The third-order valence-electron chi connectivity index (χ3n) is 4.53. The van der Waals surface area contributed by atoms with Gasteiger partial charge in [0.1, 0.15) is 0 Å². The van der Waals surface area contributed by atoms with Gasteiger partial charge in [-0.3, -0.25) is 0 Å². The summed E-state index contributed by atoms with van der Waals surface area (Å²) in [6.45, 7) is 7.89. The summed E-state index contributed by atoms with van der Waals surface area (Å²) in [6.07, 6.45) is 1.73. The number of ether oxygens (including phenoxy) is 1. The first-order valence-electron chi connectivity index (χ1n) is 7.63. The second-order valence-corrected chi connectivity index (χ2v) is 7.01. The van der Waals surface area contributed by atoms with Crippen molar-refractivity contribution >= 4 is 25.8 Å². The number of hydrogen-bond donors (Lipinski definition) is 2. The van der Waals surface area contributed by atoms with Crippen molar-refractivity contribution in [2.45, 2.75) is 38.9 Å². The molecule has 1 aromatic rings. The summed E-state index contributed by atoms with van der Waals surface area (Å²) in [4.78, 5) is 0. The standard InChI is InChI=1S/C17H22BNO4S/c1-16(2)17(3,4)23-18(22-16)13(10-24)8-12-6-11(9-19)7-14(21-5)15(12)20/h6-8,20,24H,10H2,1-5H3. The number of benzene rings is 1. The fraction of sp³-hybridized carbons (Fsp3) is 0.471. The van der Waals surface area contributed by atoms with Crippen molar-refractivity contribution in [1.29, 1.82) is 5.26 Å². The Morgan fingerprint density at radius 1 is 1.33 bits per heavy atom. The lowest BCUT2D eigenvalue weighted by Gasteiger charge is -2.32. The number of nitriles is 1. The summed E-state index contributed by atoms with van der Waals surface area (Å²) in [5.41, 5.74) is 0.680. The van der Waals surface area contributed by atoms with E-state index in [9.17, 15) is 5.11 Å². The summed E-state index contributed by atoms with van der Waals surface area (Å²) in [6, 6.07) is 5.13. The SMILES string of the molecule is COc1cc(C#N)cc(C=C(CS)B2OC(C)(C)C(C)(C)O2)c1O. The molecule has 1 N–H and O–H groups in total. The molecule has 0 unspecified atom stereocenters. The molecule has 0 radical (unpaired) electrons. The van der Waals surface area contributed by atoms with Crippen molar-refractivity contribution in [3.63, 3.8) is 0 Å². The molecule has 2 rings (SSSR count). The van der Waals surface area contributed by atoms with Crippen molar-refractivity contribution in [2.24, 2.45) is 0 Å². The van der Waals surface area contributed by atoms with Crippen LogP contribution in [0.5, 0.6) is 11.5 Å². The van der Waals surface area contributed by atoms with E-state index < -0.39 is 18.3 Å². The van der Waals surface area contributed by atoms with Gasteiger partial charge in [-0.15, -0.1) is 0 Å². The lowest BCUT2D eigenvalue weighted by Crippen LogP contribution is -2.41. The van der Waals surface area contributed by atoms with E-state index >= 15 is 0 Å². The maximum Gasteiger partial charge on any atom is 0.491 e. The van der Waals surface area contributed by atoms with Crippen molar-refractivity contribution in [3.05, 3.63) is 28.7 Å². The maximum atomic E-state index is 10.3. The average molecular weight is 347 g/mol. The third kappa shape index (κ3) is 3.41. The summed E-state index contributed by atoms with van der Waals surface area (Å²) in [5.74, 6) is 0.593. The van der Waals surface area contributed by atoms with Gasteiger partial charge in [0, 0.05) is 17.4 Å². The van der Waals surface area contributed by atoms with Crippen LogP contribution in [0, 0.1) is 11.3 Å². The number of thiol groups is 1. The molecule has 0 amide bonds. The highest BCUT2D eigenvalue weighted by molar-refractivity contribution is 7.80. The van der Waals surface area contributed by atoms with Crippen LogP contribution in [0.1, 0.15) is 38.8 Å².